The van der Waals surface area contributed by atoms with E-state index in [1.807, 2.05) is 49.3 Å². The Hall–Kier alpha value is -1.74. The molecule has 0 N–H and O–H groups in total. The summed E-state index contributed by atoms with van der Waals surface area (Å²) in [5.41, 5.74) is 1.16. The van der Waals surface area contributed by atoms with Gasteiger partial charge in [0.05, 0.1) is 5.57 Å². The lowest BCUT2D eigenvalue weighted by Crippen LogP contribution is -2.19. The Morgan fingerprint density at radius 2 is 1.78 bits per heavy atom. The number of allylic oxidation sites excluding steroid dienone is 1. The first-order valence-corrected chi connectivity index (χ1v) is 5.96. The van der Waals surface area contributed by atoms with Gasteiger partial charge in [0, 0.05) is 13.0 Å². The molecule has 3 heteroatoms. The maximum absolute atomic E-state index is 12.0. The highest BCUT2D eigenvalue weighted by Gasteiger charge is 2.14. The second kappa shape index (κ2) is 6.87. The summed E-state index contributed by atoms with van der Waals surface area (Å²) in [5, 5.41) is 0. The van der Waals surface area contributed by atoms with Gasteiger partial charge in [-0.05, 0) is 32.7 Å². The summed E-state index contributed by atoms with van der Waals surface area (Å²) in [6.07, 6.45) is 2.03. The van der Waals surface area contributed by atoms with Gasteiger partial charge in [0.1, 0.15) is 0 Å². The number of Topliss-reactive ketones (excluding diaryl/α,β-unsaturated/α-hetero) is 2. The molecular formula is C15H19NO2. The van der Waals surface area contributed by atoms with E-state index < -0.39 is 0 Å². The number of hydrogen-bond donors (Lipinski definition) is 0. The zero-order chi connectivity index (χ0) is 13.5. The Balaban J connectivity index is 2.86. The van der Waals surface area contributed by atoms with Gasteiger partial charge in [-0.25, -0.2) is 0 Å². The van der Waals surface area contributed by atoms with E-state index in [4.69, 9.17) is 0 Å². The zero-order valence-corrected chi connectivity index (χ0v) is 11.1. The van der Waals surface area contributed by atoms with Gasteiger partial charge in [-0.15, -0.1) is 0 Å². The second-order valence-corrected chi connectivity index (χ2v) is 4.50. The molecule has 0 atom stereocenters. The number of nitrogens with zero attached hydrogens (tertiary/aromatic N) is 1. The van der Waals surface area contributed by atoms with Gasteiger partial charge >= 0.3 is 0 Å². The van der Waals surface area contributed by atoms with Crippen molar-refractivity contribution in [3.05, 3.63) is 41.5 Å². The summed E-state index contributed by atoms with van der Waals surface area (Å²) in [4.78, 5) is 25.4. The summed E-state index contributed by atoms with van der Waals surface area (Å²) in [6, 6.07) is 9.42. The number of benzene rings is 1. The molecule has 0 saturated carbocycles. The van der Waals surface area contributed by atoms with Crippen LogP contribution in [0.15, 0.2) is 35.9 Å². The Morgan fingerprint density at radius 3 is 2.28 bits per heavy atom. The van der Waals surface area contributed by atoms with Crippen molar-refractivity contribution in [2.45, 2.75) is 13.3 Å². The van der Waals surface area contributed by atoms with Crippen molar-refractivity contribution in [2.75, 3.05) is 20.6 Å². The summed E-state index contributed by atoms with van der Waals surface area (Å²) < 4.78 is 0. The average Bonchev–Trinajstić information content (AvgIpc) is 2.34. The van der Waals surface area contributed by atoms with Crippen LogP contribution in [0.1, 0.15) is 18.9 Å². The molecule has 3 nitrogen and oxygen atoms in total. The van der Waals surface area contributed by atoms with Gasteiger partial charge in [-0.3, -0.25) is 9.59 Å². The Labute approximate surface area is 108 Å². The second-order valence-electron chi connectivity index (χ2n) is 4.50. The van der Waals surface area contributed by atoms with E-state index in [0.29, 0.717) is 13.0 Å². The van der Waals surface area contributed by atoms with Crippen LogP contribution in [-0.2, 0) is 9.59 Å². The first-order valence-electron chi connectivity index (χ1n) is 5.96. The van der Waals surface area contributed by atoms with E-state index in [1.54, 1.807) is 6.08 Å². The van der Waals surface area contributed by atoms with E-state index in [-0.39, 0.29) is 17.1 Å². The lowest BCUT2D eigenvalue weighted by atomic mass is 10.0. The molecule has 1 rings (SSSR count). The molecule has 0 amide bonds. The fourth-order valence-corrected chi connectivity index (χ4v) is 1.55. The van der Waals surface area contributed by atoms with Crippen LogP contribution >= 0.6 is 0 Å². The molecule has 0 unspecified atom stereocenters. The molecular weight excluding hydrogens is 226 g/mol. The van der Waals surface area contributed by atoms with E-state index in [9.17, 15) is 9.59 Å². The number of carbonyl (C=O) groups is 2. The number of hydrogen-bond acceptors (Lipinski definition) is 3. The molecule has 0 spiro atoms. The molecule has 0 radical (unpaired) electrons. The van der Waals surface area contributed by atoms with Crippen LogP contribution < -0.4 is 0 Å². The van der Waals surface area contributed by atoms with Crippen molar-refractivity contribution in [3.63, 3.8) is 0 Å². The Bertz CT molecular complexity index is 447. The third-order valence-corrected chi connectivity index (χ3v) is 2.58. The van der Waals surface area contributed by atoms with Crippen LogP contribution in [0.25, 0.3) is 6.08 Å². The van der Waals surface area contributed by atoms with Gasteiger partial charge in [0.25, 0.3) is 0 Å². The number of carbonyl (C=O) groups excluding carboxylic acids is 2. The predicted octanol–water partition coefficient (Wildman–Crippen LogP) is 2.18. The third-order valence-electron chi connectivity index (χ3n) is 2.58. The van der Waals surface area contributed by atoms with Crippen LogP contribution in [-0.4, -0.2) is 37.1 Å². The van der Waals surface area contributed by atoms with Crippen molar-refractivity contribution in [3.8, 4) is 0 Å². The Morgan fingerprint density at radius 1 is 1.17 bits per heavy atom. The van der Waals surface area contributed by atoms with Gasteiger partial charge in [0.2, 0.25) is 0 Å². The number of ketones is 2. The maximum atomic E-state index is 12.0. The van der Waals surface area contributed by atoms with E-state index in [2.05, 4.69) is 0 Å². The summed E-state index contributed by atoms with van der Waals surface area (Å²) in [7, 11) is 3.81. The van der Waals surface area contributed by atoms with Crippen molar-refractivity contribution in [2.24, 2.45) is 0 Å². The van der Waals surface area contributed by atoms with Crippen molar-refractivity contribution >= 4 is 17.6 Å². The monoisotopic (exact) mass is 245 g/mol. The number of rotatable bonds is 6. The molecule has 0 bridgehead atoms. The molecule has 0 aliphatic rings. The Kier molecular flexibility index (Phi) is 5.46. The van der Waals surface area contributed by atoms with Crippen LogP contribution in [0, 0.1) is 0 Å². The normalized spacial score (nSPS) is 11.7. The van der Waals surface area contributed by atoms with Gasteiger partial charge in [-0.1, -0.05) is 30.3 Å². The lowest BCUT2D eigenvalue weighted by molar-refractivity contribution is -0.120. The van der Waals surface area contributed by atoms with Gasteiger partial charge < -0.3 is 4.90 Å². The molecule has 1 aromatic rings. The quantitative estimate of drug-likeness (QED) is 0.438. The smallest absolute Gasteiger partial charge is 0.167 e. The van der Waals surface area contributed by atoms with Gasteiger partial charge in [0.15, 0.2) is 11.6 Å². The molecule has 1 aromatic carbocycles. The molecule has 0 fully saturated rings. The fraction of sp³-hybridized carbons (Fsp3) is 0.333. The minimum absolute atomic E-state index is 0.0972. The first kappa shape index (κ1) is 14.3. The van der Waals surface area contributed by atoms with Crippen LogP contribution in [0.3, 0.4) is 0 Å². The minimum Gasteiger partial charge on any atom is -0.309 e. The molecule has 0 aromatic heterocycles. The van der Waals surface area contributed by atoms with Crippen LogP contribution in [0.2, 0.25) is 0 Å². The van der Waals surface area contributed by atoms with Crippen molar-refractivity contribution < 1.29 is 9.59 Å². The summed E-state index contributed by atoms with van der Waals surface area (Å²) in [5.74, 6) is -0.275. The van der Waals surface area contributed by atoms with E-state index in [1.165, 1.54) is 6.92 Å². The maximum Gasteiger partial charge on any atom is 0.167 e. The van der Waals surface area contributed by atoms with Crippen molar-refractivity contribution in [1.29, 1.82) is 0 Å². The highest BCUT2D eigenvalue weighted by molar-refractivity contribution is 6.22. The molecule has 0 aliphatic carbocycles. The van der Waals surface area contributed by atoms with Crippen LogP contribution in [0.5, 0.6) is 0 Å². The van der Waals surface area contributed by atoms with Gasteiger partial charge in [-0.2, -0.15) is 0 Å². The topological polar surface area (TPSA) is 37.4 Å². The summed E-state index contributed by atoms with van der Waals surface area (Å²) >= 11 is 0. The third kappa shape index (κ3) is 4.63. The van der Waals surface area contributed by atoms with Crippen LogP contribution in [0.4, 0.5) is 0 Å². The molecule has 0 heterocycles. The summed E-state index contributed by atoms with van der Waals surface area (Å²) in [6.45, 7) is 2.08. The zero-order valence-electron chi connectivity index (χ0n) is 11.1. The fourth-order valence-electron chi connectivity index (χ4n) is 1.55. The molecule has 18 heavy (non-hydrogen) atoms. The van der Waals surface area contributed by atoms with E-state index >= 15 is 0 Å². The molecule has 0 saturated heterocycles. The highest BCUT2D eigenvalue weighted by atomic mass is 16.1. The minimum atomic E-state index is -0.178. The van der Waals surface area contributed by atoms with Crippen molar-refractivity contribution in [1.82, 2.24) is 4.90 Å². The largest absolute Gasteiger partial charge is 0.309 e. The molecule has 96 valence electrons. The SMILES string of the molecule is CC(=O)/C(=C/c1ccccc1)C(=O)CCN(C)C. The lowest BCUT2D eigenvalue weighted by Gasteiger charge is -2.09. The average molecular weight is 245 g/mol. The predicted molar refractivity (Wildman–Crippen MR) is 73.3 cm³/mol. The molecule has 0 aliphatic heterocycles. The first-order chi connectivity index (χ1) is 8.50. The van der Waals surface area contributed by atoms with E-state index in [0.717, 1.165) is 5.56 Å². The standard InChI is InChI=1S/C15H19NO2/c1-12(17)14(15(18)9-10-16(2)3)11-13-7-5-4-6-8-13/h4-8,11H,9-10H2,1-3H3/b14-11-. The highest BCUT2D eigenvalue weighted by Crippen LogP contribution is 2.10.